The van der Waals surface area contributed by atoms with Crippen molar-refractivity contribution in [1.82, 2.24) is 10.2 Å². The molecule has 1 aromatic rings. The number of likely N-dealkylation sites (tertiary alicyclic amines) is 1. The van der Waals surface area contributed by atoms with Crippen molar-refractivity contribution in [1.29, 1.82) is 0 Å². The fraction of sp³-hybridized carbons (Fsp3) is 0.684. The maximum atomic E-state index is 3.70. The van der Waals surface area contributed by atoms with E-state index in [4.69, 9.17) is 0 Å². The number of piperidine rings is 1. The lowest BCUT2D eigenvalue weighted by atomic mass is 9.87. The first-order valence-corrected chi connectivity index (χ1v) is 8.82. The van der Waals surface area contributed by atoms with Crippen LogP contribution in [-0.4, -0.2) is 30.6 Å². The summed E-state index contributed by atoms with van der Waals surface area (Å²) in [5.74, 6) is 0.916. The second-order valence-electron chi connectivity index (χ2n) is 6.91. The molecule has 0 bridgehead atoms. The molecule has 2 aliphatic rings. The molecule has 1 N–H and O–H groups in total. The summed E-state index contributed by atoms with van der Waals surface area (Å²) >= 11 is 0. The highest BCUT2D eigenvalue weighted by Gasteiger charge is 2.30. The number of hydrogen-bond donors (Lipinski definition) is 1. The van der Waals surface area contributed by atoms with E-state index in [1.165, 1.54) is 62.9 Å². The molecule has 1 aromatic carbocycles. The Kier molecular flexibility index (Phi) is 4.97. The van der Waals surface area contributed by atoms with Crippen LogP contribution in [-0.2, 0) is 0 Å². The van der Waals surface area contributed by atoms with Gasteiger partial charge in [-0.2, -0.15) is 0 Å². The van der Waals surface area contributed by atoms with Gasteiger partial charge in [-0.3, -0.25) is 4.90 Å². The van der Waals surface area contributed by atoms with Gasteiger partial charge in [0.05, 0.1) is 0 Å². The molecule has 0 aliphatic carbocycles. The van der Waals surface area contributed by atoms with Crippen LogP contribution in [0.25, 0.3) is 0 Å². The van der Waals surface area contributed by atoms with E-state index < -0.39 is 0 Å². The van der Waals surface area contributed by atoms with E-state index in [0.29, 0.717) is 6.04 Å². The number of nitrogens with zero attached hydrogens (tertiary/aromatic N) is 1. The third kappa shape index (κ3) is 3.49. The molecule has 0 saturated carbocycles. The average molecular weight is 286 g/mol. The Hall–Kier alpha value is -0.860. The van der Waals surface area contributed by atoms with Gasteiger partial charge in [-0.1, -0.05) is 36.8 Å². The molecule has 21 heavy (non-hydrogen) atoms. The monoisotopic (exact) mass is 286 g/mol. The molecule has 2 nitrogen and oxygen atoms in total. The quantitative estimate of drug-likeness (QED) is 0.903. The predicted octanol–water partition coefficient (Wildman–Crippen LogP) is 3.91. The van der Waals surface area contributed by atoms with E-state index in [-0.39, 0.29) is 0 Å². The van der Waals surface area contributed by atoms with Gasteiger partial charge in [0, 0.05) is 12.1 Å². The highest BCUT2D eigenvalue weighted by molar-refractivity contribution is 5.24. The second-order valence-corrected chi connectivity index (χ2v) is 6.91. The summed E-state index contributed by atoms with van der Waals surface area (Å²) in [7, 11) is 0. The van der Waals surface area contributed by atoms with Crippen molar-refractivity contribution < 1.29 is 0 Å². The van der Waals surface area contributed by atoms with Gasteiger partial charge in [0.1, 0.15) is 0 Å². The van der Waals surface area contributed by atoms with Gasteiger partial charge in [-0.25, -0.2) is 0 Å². The van der Waals surface area contributed by atoms with E-state index in [1.807, 2.05) is 0 Å². The number of nitrogens with one attached hydrogen (secondary N) is 1. The molecule has 2 aliphatic heterocycles. The zero-order valence-electron chi connectivity index (χ0n) is 13.6. The van der Waals surface area contributed by atoms with Crippen LogP contribution in [0.3, 0.4) is 0 Å². The Balaban J connectivity index is 1.60. The van der Waals surface area contributed by atoms with Crippen molar-refractivity contribution in [3.8, 4) is 0 Å². The van der Waals surface area contributed by atoms with Crippen molar-refractivity contribution >= 4 is 0 Å². The summed E-state index contributed by atoms with van der Waals surface area (Å²) in [6.07, 6.45) is 6.75. The lowest BCUT2D eigenvalue weighted by Gasteiger charge is -2.39. The van der Waals surface area contributed by atoms with Gasteiger partial charge in [-0.15, -0.1) is 0 Å². The third-order valence-electron chi connectivity index (χ3n) is 5.53. The summed E-state index contributed by atoms with van der Waals surface area (Å²) in [4.78, 5) is 2.72. The van der Waals surface area contributed by atoms with Gasteiger partial charge in [0.15, 0.2) is 0 Å². The highest BCUT2D eigenvalue weighted by atomic mass is 15.2. The molecular formula is C19H30N2. The zero-order valence-corrected chi connectivity index (χ0v) is 13.6. The first kappa shape index (κ1) is 15.1. The molecule has 2 fully saturated rings. The Morgan fingerprint density at radius 3 is 2.43 bits per heavy atom. The molecule has 2 atom stereocenters. The van der Waals surface area contributed by atoms with E-state index in [0.717, 1.165) is 12.0 Å². The molecule has 0 spiro atoms. The lowest BCUT2D eigenvalue weighted by molar-refractivity contribution is 0.116. The van der Waals surface area contributed by atoms with Gasteiger partial charge in [-0.05, 0) is 70.1 Å². The average Bonchev–Trinajstić information content (AvgIpc) is 3.05. The molecule has 0 amide bonds. The topological polar surface area (TPSA) is 15.3 Å². The molecule has 2 heteroatoms. The molecule has 3 rings (SSSR count). The Morgan fingerprint density at radius 1 is 1.14 bits per heavy atom. The van der Waals surface area contributed by atoms with Crippen LogP contribution in [0.2, 0.25) is 0 Å². The van der Waals surface area contributed by atoms with Gasteiger partial charge in [0.25, 0.3) is 0 Å². The minimum atomic E-state index is 0.614. The lowest BCUT2D eigenvalue weighted by Crippen LogP contribution is -2.42. The van der Waals surface area contributed by atoms with Crippen molar-refractivity contribution in [2.45, 2.75) is 58.0 Å². The van der Waals surface area contributed by atoms with Gasteiger partial charge >= 0.3 is 0 Å². The van der Waals surface area contributed by atoms with Crippen molar-refractivity contribution in [2.75, 3.05) is 19.6 Å². The molecular weight excluding hydrogens is 256 g/mol. The Bertz CT molecular complexity index is 425. The largest absolute Gasteiger partial charge is 0.314 e. The van der Waals surface area contributed by atoms with Crippen molar-refractivity contribution in [3.63, 3.8) is 0 Å². The molecule has 2 heterocycles. The molecule has 2 saturated heterocycles. The Labute approximate surface area is 129 Å². The summed E-state index contributed by atoms with van der Waals surface area (Å²) in [5.41, 5.74) is 2.86. The molecule has 0 aromatic heterocycles. The van der Waals surface area contributed by atoms with Gasteiger partial charge in [0.2, 0.25) is 0 Å². The van der Waals surface area contributed by atoms with Gasteiger partial charge < -0.3 is 5.32 Å². The number of hydrogen-bond acceptors (Lipinski definition) is 2. The van der Waals surface area contributed by atoms with Crippen LogP contribution < -0.4 is 5.32 Å². The van der Waals surface area contributed by atoms with E-state index in [1.54, 1.807) is 0 Å². The fourth-order valence-corrected chi connectivity index (χ4v) is 4.24. The van der Waals surface area contributed by atoms with Crippen molar-refractivity contribution in [2.24, 2.45) is 5.92 Å². The molecule has 2 unspecified atom stereocenters. The highest BCUT2D eigenvalue weighted by Crippen LogP contribution is 2.32. The minimum Gasteiger partial charge on any atom is -0.314 e. The van der Waals surface area contributed by atoms with E-state index in [9.17, 15) is 0 Å². The van der Waals surface area contributed by atoms with Crippen LogP contribution in [0.1, 0.15) is 56.2 Å². The summed E-state index contributed by atoms with van der Waals surface area (Å²) in [6.45, 7) is 8.29. The predicted molar refractivity (Wildman–Crippen MR) is 89.5 cm³/mol. The van der Waals surface area contributed by atoms with E-state index in [2.05, 4.69) is 48.3 Å². The third-order valence-corrected chi connectivity index (χ3v) is 5.53. The maximum absolute atomic E-state index is 3.70. The number of rotatable bonds is 4. The van der Waals surface area contributed by atoms with Crippen LogP contribution in [0.5, 0.6) is 0 Å². The Morgan fingerprint density at radius 2 is 1.86 bits per heavy atom. The normalized spacial score (nSPS) is 26.1. The zero-order chi connectivity index (χ0) is 14.7. The second kappa shape index (κ2) is 6.93. The SMILES string of the molecule is CCC(c1ccc(C)cc1)N1CCC(C2CCCN2)CC1. The molecule has 116 valence electrons. The summed E-state index contributed by atoms with van der Waals surface area (Å²) in [5, 5.41) is 3.70. The van der Waals surface area contributed by atoms with Crippen LogP contribution >= 0.6 is 0 Å². The van der Waals surface area contributed by atoms with Crippen LogP contribution in [0.4, 0.5) is 0 Å². The first-order valence-electron chi connectivity index (χ1n) is 8.82. The standard InChI is InChI=1S/C19H30N2/c1-3-19(17-8-6-15(2)7-9-17)21-13-10-16(11-14-21)18-5-4-12-20-18/h6-9,16,18-20H,3-5,10-14H2,1-2H3. The van der Waals surface area contributed by atoms with Crippen molar-refractivity contribution in [3.05, 3.63) is 35.4 Å². The molecule has 0 radical (unpaired) electrons. The van der Waals surface area contributed by atoms with Crippen LogP contribution in [0, 0.1) is 12.8 Å². The van der Waals surface area contributed by atoms with E-state index >= 15 is 0 Å². The first-order chi connectivity index (χ1) is 10.3. The maximum Gasteiger partial charge on any atom is 0.0345 e. The minimum absolute atomic E-state index is 0.614. The number of benzene rings is 1. The summed E-state index contributed by atoms with van der Waals surface area (Å²) < 4.78 is 0. The number of aryl methyl sites for hydroxylation is 1. The summed E-state index contributed by atoms with van der Waals surface area (Å²) in [6, 6.07) is 10.6. The fourth-order valence-electron chi connectivity index (χ4n) is 4.24. The smallest absolute Gasteiger partial charge is 0.0345 e. The van der Waals surface area contributed by atoms with Crippen LogP contribution in [0.15, 0.2) is 24.3 Å².